The molecule has 0 spiro atoms. The molecule has 0 bridgehead atoms. The van der Waals surface area contributed by atoms with Crippen molar-refractivity contribution in [1.29, 1.82) is 0 Å². The Labute approximate surface area is 173 Å². The molecule has 29 heavy (non-hydrogen) atoms. The summed E-state index contributed by atoms with van der Waals surface area (Å²) in [6.45, 7) is 5.22. The maximum Gasteiger partial charge on any atom is 0.335 e. The lowest BCUT2D eigenvalue weighted by atomic mass is 10.1. The van der Waals surface area contributed by atoms with E-state index in [4.69, 9.17) is 4.74 Å². The van der Waals surface area contributed by atoms with Crippen LogP contribution in [0.15, 0.2) is 51.7 Å². The molecule has 158 valence electrons. The van der Waals surface area contributed by atoms with Crippen LogP contribution >= 0.6 is 0 Å². The number of nitrogens with one attached hydrogen (secondary N) is 1. The first-order valence-corrected chi connectivity index (χ1v) is 11.9. The molecule has 0 amide bonds. The molecule has 2 aromatic rings. The number of carboxylic acids is 1. The van der Waals surface area contributed by atoms with Crippen LogP contribution in [0.25, 0.3) is 0 Å². The van der Waals surface area contributed by atoms with Gasteiger partial charge in [0, 0.05) is 19.3 Å². The van der Waals surface area contributed by atoms with Gasteiger partial charge in [0.05, 0.1) is 25.9 Å². The normalized spacial score (nSPS) is 12.8. The molecule has 0 saturated heterocycles. The lowest BCUT2D eigenvalue weighted by molar-refractivity contribution is 0.0696. The van der Waals surface area contributed by atoms with Gasteiger partial charge in [0.15, 0.2) is 5.75 Å². The predicted molar refractivity (Wildman–Crippen MR) is 118 cm³/mol. The molecular weight excluding hydrogens is 388 g/mol. The van der Waals surface area contributed by atoms with E-state index in [9.17, 15) is 14.1 Å². The van der Waals surface area contributed by atoms with E-state index in [1.54, 1.807) is 12.1 Å². The molecule has 1 atom stereocenters. The smallest absolute Gasteiger partial charge is 0.335 e. The Bertz CT molecular complexity index is 935. The lowest BCUT2D eigenvalue weighted by Crippen LogP contribution is -2.10. The molecule has 2 aromatic carbocycles. The van der Waals surface area contributed by atoms with Crippen LogP contribution in [0.5, 0.6) is 11.5 Å². The second-order valence-electron chi connectivity index (χ2n) is 6.86. The summed E-state index contributed by atoms with van der Waals surface area (Å²) in [5.74, 6) is -0.135. The quantitative estimate of drug-likeness (QED) is 0.461. The summed E-state index contributed by atoms with van der Waals surface area (Å²) < 4.78 is 24.0. The molecule has 0 radical (unpaired) electrons. The first-order valence-electron chi connectivity index (χ1n) is 9.95. The van der Waals surface area contributed by atoms with E-state index in [-0.39, 0.29) is 5.56 Å². The maximum atomic E-state index is 13.5. The molecule has 0 aliphatic carbocycles. The molecule has 1 unspecified atom stereocenters. The largest absolute Gasteiger partial charge is 0.478 e. The van der Waals surface area contributed by atoms with Crippen LogP contribution in [-0.4, -0.2) is 34.6 Å². The van der Waals surface area contributed by atoms with Crippen LogP contribution in [0.2, 0.25) is 0 Å². The molecule has 2 rings (SSSR count). The third-order valence-corrected chi connectivity index (χ3v) is 6.16. The molecule has 7 heteroatoms. The Morgan fingerprint density at radius 3 is 2.45 bits per heavy atom. The van der Waals surface area contributed by atoms with Crippen LogP contribution in [-0.2, 0) is 9.73 Å². The highest BCUT2D eigenvalue weighted by Crippen LogP contribution is 2.38. The fraction of sp³-hybridized carbons (Fsp3) is 0.409. The van der Waals surface area contributed by atoms with Gasteiger partial charge in [-0.3, -0.25) is 0 Å². The fourth-order valence-corrected chi connectivity index (χ4v) is 4.17. The summed E-state index contributed by atoms with van der Waals surface area (Å²) in [5.41, 5.74) is 0.567. The SMILES string of the molecule is CCCCN=S(C)(=O)c1cc(C(=O)O)cc(NCCCC)c1Oc1ccccc1. The van der Waals surface area contributed by atoms with Crippen LogP contribution in [0, 0.1) is 0 Å². The average Bonchev–Trinajstić information content (AvgIpc) is 2.69. The minimum atomic E-state index is -2.85. The summed E-state index contributed by atoms with van der Waals surface area (Å²) in [7, 11) is -2.85. The minimum absolute atomic E-state index is 0.0553. The van der Waals surface area contributed by atoms with Crippen molar-refractivity contribution < 1.29 is 18.8 Å². The van der Waals surface area contributed by atoms with E-state index in [0.717, 1.165) is 25.7 Å². The van der Waals surface area contributed by atoms with E-state index in [1.165, 1.54) is 18.4 Å². The van der Waals surface area contributed by atoms with Gasteiger partial charge in [0.25, 0.3) is 0 Å². The molecule has 2 N–H and O–H groups in total. The molecule has 0 aliphatic rings. The Hall–Kier alpha value is -2.54. The Kier molecular flexibility index (Phi) is 8.51. The molecular formula is C22H30N2O4S. The summed E-state index contributed by atoms with van der Waals surface area (Å²) in [4.78, 5) is 12.0. The summed E-state index contributed by atoms with van der Waals surface area (Å²) in [6.07, 6.45) is 5.20. The third kappa shape index (κ3) is 6.49. The molecule has 0 aromatic heterocycles. The highest BCUT2D eigenvalue weighted by atomic mass is 32.2. The monoisotopic (exact) mass is 418 g/mol. The standard InChI is InChI=1S/C22H30N2O4S/c1-4-6-13-23-19-15-17(22(25)26)16-20(29(3,27)24-14-7-5-2)21(19)28-18-11-9-8-10-12-18/h8-12,15-16,23H,4-7,13-14H2,1-3H3,(H,25,26). The van der Waals surface area contributed by atoms with Crippen molar-refractivity contribution >= 4 is 21.4 Å². The fourth-order valence-electron chi connectivity index (χ4n) is 2.72. The summed E-state index contributed by atoms with van der Waals surface area (Å²) >= 11 is 0. The zero-order valence-corrected chi connectivity index (χ0v) is 18.1. The predicted octanol–water partition coefficient (Wildman–Crippen LogP) is 5.65. The van der Waals surface area contributed by atoms with Crippen LogP contribution in [0.3, 0.4) is 0 Å². The molecule has 0 fully saturated rings. The summed E-state index contributed by atoms with van der Waals surface area (Å²) in [5, 5.41) is 12.8. The number of para-hydroxylation sites is 1. The zero-order valence-electron chi connectivity index (χ0n) is 17.3. The lowest BCUT2D eigenvalue weighted by Gasteiger charge is -2.19. The van der Waals surface area contributed by atoms with Gasteiger partial charge in [-0.2, -0.15) is 0 Å². The topological polar surface area (TPSA) is 88.0 Å². The first-order chi connectivity index (χ1) is 13.9. The molecule has 0 saturated carbocycles. The van der Waals surface area contributed by atoms with Crippen molar-refractivity contribution in [3.8, 4) is 11.5 Å². The number of carboxylic acid groups (broad SMARTS) is 1. The van der Waals surface area contributed by atoms with E-state index in [0.29, 0.717) is 35.2 Å². The van der Waals surface area contributed by atoms with Crippen molar-refractivity contribution in [3.63, 3.8) is 0 Å². The number of hydrogen-bond donors (Lipinski definition) is 2. The number of benzene rings is 2. The highest BCUT2D eigenvalue weighted by molar-refractivity contribution is 7.93. The third-order valence-electron chi connectivity index (χ3n) is 4.37. The molecule has 0 heterocycles. The number of anilines is 1. The van der Waals surface area contributed by atoms with Gasteiger partial charge in [-0.05, 0) is 37.1 Å². The average molecular weight is 419 g/mol. The summed E-state index contributed by atoms with van der Waals surface area (Å²) in [6, 6.07) is 12.1. The number of hydrogen-bond acceptors (Lipinski definition) is 5. The second-order valence-corrected chi connectivity index (χ2v) is 9.16. The van der Waals surface area contributed by atoms with E-state index < -0.39 is 15.7 Å². The molecule has 6 nitrogen and oxygen atoms in total. The maximum absolute atomic E-state index is 13.5. The van der Waals surface area contributed by atoms with E-state index in [1.807, 2.05) is 25.1 Å². The van der Waals surface area contributed by atoms with Crippen molar-refractivity contribution in [1.82, 2.24) is 0 Å². The number of carbonyl (C=O) groups is 1. The van der Waals surface area contributed by atoms with Gasteiger partial charge in [0.1, 0.15) is 5.75 Å². The van der Waals surface area contributed by atoms with Crippen LogP contribution in [0.1, 0.15) is 49.9 Å². The van der Waals surface area contributed by atoms with Gasteiger partial charge in [-0.15, -0.1) is 0 Å². The first kappa shape index (κ1) is 22.7. The highest BCUT2D eigenvalue weighted by Gasteiger charge is 2.22. The van der Waals surface area contributed by atoms with Crippen LogP contribution < -0.4 is 10.1 Å². The Balaban J connectivity index is 2.64. The number of ether oxygens (including phenoxy) is 1. The molecule has 0 aliphatic heterocycles. The van der Waals surface area contributed by atoms with Crippen molar-refractivity contribution in [2.45, 2.75) is 44.4 Å². The number of unbranched alkanes of at least 4 members (excludes halogenated alkanes) is 2. The van der Waals surface area contributed by atoms with Gasteiger partial charge in [-0.1, -0.05) is 44.9 Å². The van der Waals surface area contributed by atoms with Gasteiger partial charge >= 0.3 is 5.97 Å². The second kappa shape index (κ2) is 10.9. The number of aromatic carboxylic acids is 1. The number of rotatable bonds is 11. The van der Waals surface area contributed by atoms with Gasteiger partial charge in [-0.25, -0.2) is 13.4 Å². The van der Waals surface area contributed by atoms with Crippen molar-refractivity contribution in [3.05, 3.63) is 48.0 Å². The van der Waals surface area contributed by atoms with Crippen molar-refractivity contribution in [2.75, 3.05) is 24.7 Å². The van der Waals surface area contributed by atoms with Crippen molar-refractivity contribution in [2.24, 2.45) is 4.36 Å². The van der Waals surface area contributed by atoms with E-state index in [2.05, 4.69) is 16.6 Å². The van der Waals surface area contributed by atoms with E-state index >= 15 is 0 Å². The Morgan fingerprint density at radius 2 is 1.83 bits per heavy atom. The van der Waals surface area contributed by atoms with Crippen LogP contribution in [0.4, 0.5) is 5.69 Å². The minimum Gasteiger partial charge on any atom is -0.478 e. The van der Waals surface area contributed by atoms with Gasteiger partial charge < -0.3 is 15.2 Å². The van der Waals surface area contributed by atoms with Gasteiger partial charge in [0.2, 0.25) is 0 Å². The number of nitrogens with zero attached hydrogens (tertiary/aromatic N) is 1. The zero-order chi connectivity index (χ0) is 21.3. The Morgan fingerprint density at radius 1 is 1.14 bits per heavy atom.